The van der Waals surface area contributed by atoms with E-state index >= 15 is 0 Å². The number of oxime groups is 3. The minimum Gasteiger partial charge on any atom is -0.409 e. The third-order valence-corrected chi connectivity index (χ3v) is 3.18. The van der Waals surface area contributed by atoms with Crippen molar-refractivity contribution < 1.29 is 25.1 Å². The van der Waals surface area contributed by atoms with Crippen molar-refractivity contribution in [3.8, 4) is 0 Å². The zero-order valence-corrected chi connectivity index (χ0v) is 14.3. The van der Waals surface area contributed by atoms with Gasteiger partial charge in [0.15, 0.2) is 0 Å². The van der Waals surface area contributed by atoms with Gasteiger partial charge in [-0.1, -0.05) is 15.5 Å². The summed E-state index contributed by atoms with van der Waals surface area (Å²) in [4.78, 5) is 2.03. The van der Waals surface area contributed by atoms with Gasteiger partial charge in [-0.25, -0.2) is 0 Å². The molecule has 0 bridgehead atoms. The van der Waals surface area contributed by atoms with Gasteiger partial charge in [0.05, 0.1) is 26.4 Å². The van der Waals surface area contributed by atoms with Crippen molar-refractivity contribution in [2.75, 3.05) is 46.1 Å². The summed E-state index contributed by atoms with van der Waals surface area (Å²) in [7, 11) is 0. The van der Waals surface area contributed by atoms with Crippen molar-refractivity contribution in [1.29, 1.82) is 0 Å². The molecule has 0 aromatic rings. The summed E-state index contributed by atoms with van der Waals surface area (Å²) in [6, 6.07) is 0. The maximum Gasteiger partial charge on any atom is 0.141 e. The number of hydrogen-bond acceptors (Lipinski definition) is 9. The minimum absolute atomic E-state index is 0.114. The van der Waals surface area contributed by atoms with E-state index in [0.29, 0.717) is 65.3 Å². The van der Waals surface area contributed by atoms with E-state index in [2.05, 4.69) is 15.5 Å². The molecule has 0 aliphatic rings. The molecule has 0 radical (unpaired) electrons. The Morgan fingerprint density at radius 3 is 1.44 bits per heavy atom. The van der Waals surface area contributed by atoms with Crippen molar-refractivity contribution in [2.45, 2.75) is 19.3 Å². The summed E-state index contributed by atoms with van der Waals surface area (Å²) in [6.07, 6.45) is 1.10. The molecule has 12 heteroatoms. The Morgan fingerprint density at radius 1 is 0.640 bits per heavy atom. The quantitative estimate of drug-likeness (QED) is 0.0675. The first-order chi connectivity index (χ1) is 12.0. The van der Waals surface area contributed by atoms with E-state index in [4.69, 9.17) is 42.3 Å². The van der Waals surface area contributed by atoms with Crippen molar-refractivity contribution in [1.82, 2.24) is 4.90 Å². The topological polar surface area (TPSA) is 198 Å². The average Bonchev–Trinajstić information content (AvgIpc) is 2.63. The Balaban J connectivity index is 4.05. The molecule has 9 N–H and O–H groups in total. The molecule has 0 rings (SSSR count). The van der Waals surface area contributed by atoms with Gasteiger partial charge in [-0.15, -0.1) is 0 Å². The van der Waals surface area contributed by atoms with E-state index < -0.39 is 0 Å². The van der Waals surface area contributed by atoms with Gasteiger partial charge in [0.2, 0.25) is 0 Å². The summed E-state index contributed by atoms with van der Waals surface area (Å²) >= 11 is 0. The zero-order chi connectivity index (χ0) is 18.9. The molecular weight excluding hydrogens is 334 g/mol. The molecule has 0 saturated carbocycles. The van der Waals surface area contributed by atoms with Crippen molar-refractivity contribution in [3.05, 3.63) is 0 Å². The average molecular weight is 363 g/mol. The molecule has 12 nitrogen and oxygen atoms in total. The molecule has 0 aliphatic carbocycles. The fourth-order valence-corrected chi connectivity index (χ4v) is 1.70. The predicted molar refractivity (Wildman–Crippen MR) is 92.2 cm³/mol. The van der Waals surface area contributed by atoms with E-state index in [1.54, 1.807) is 0 Å². The maximum absolute atomic E-state index is 8.60. The van der Waals surface area contributed by atoms with Crippen molar-refractivity contribution in [3.63, 3.8) is 0 Å². The lowest BCUT2D eigenvalue weighted by molar-refractivity contribution is 0.0794. The number of nitrogens with zero attached hydrogens (tertiary/aromatic N) is 4. The Kier molecular flexibility index (Phi) is 13.8. The first kappa shape index (κ1) is 22.7. The lowest BCUT2D eigenvalue weighted by atomic mass is 10.3. The molecule has 0 atom stereocenters. The SMILES string of the molecule is N/C(CCOCCN(CCOCC/C(N)=N\O)CC/C(N)=N/O)=N\O. The standard InChI is InChI=1S/C13H29N7O5/c14-11(17-21)1-4-20(5-9-24-7-2-12(15)18-22)6-10-25-8-3-13(16)19-23/h21-23H,1-10H2,(H2,14,17)(H2,15,18)(H2,16,19). The van der Waals surface area contributed by atoms with Gasteiger partial charge in [-0.2, -0.15) is 0 Å². The molecule has 0 unspecified atom stereocenters. The predicted octanol–water partition coefficient (Wildman–Crippen LogP) is -1.27. The van der Waals surface area contributed by atoms with Crippen LogP contribution >= 0.6 is 0 Å². The van der Waals surface area contributed by atoms with E-state index in [0.717, 1.165) is 0 Å². The van der Waals surface area contributed by atoms with Gasteiger partial charge in [0.25, 0.3) is 0 Å². The number of amidine groups is 3. The van der Waals surface area contributed by atoms with E-state index in [9.17, 15) is 0 Å². The van der Waals surface area contributed by atoms with Crippen LogP contribution in [0.3, 0.4) is 0 Å². The Bertz CT molecular complexity index is 403. The first-order valence-corrected chi connectivity index (χ1v) is 7.80. The monoisotopic (exact) mass is 363 g/mol. The first-order valence-electron chi connectivity index (χ1n) is 7.80. The van der Waals surface area contributed by atoms with E-state index in [-0.39, 0.29) is 17.5 Å². The van der Waals surface area contributed by atoms with Gasteiger partial charge in [0, 0.05) is 38.9 Å². The molecule has 25 heavy (non-hydrogen) atoms. The van der Waals surface area contributed by atoms with Gasteiger partial charge >= 0.3 is 0 Å². The maximum atomic E-state index is 8.60. The van der Waals surface area contributed by atoms with Crippen molar-refractivity contribution >= 4 is 17.5 Å². The molecule has 0 amide bonds. The lowest BCUT2D eigenvalue weighted by Crippen LogP contribution is -2.34. The van der Waals surface area contributed by atoms with Gasteiger partial charge in [0.1, 0.15) is 17.5 Å². The number of rotatable bonds is 15. The molecule has 0 aliphatic heterocycles. The molecule has 0 fully saturated rings. The van der Waals surface area contributed by atoms with Crippen LogP contribution in [0, 0.1) is 0 Å². The van der Waals surface area contributed by atoms with Crippen LogP contribution in [0.4, 0.5) is 0 Å². The van der Waals surface area contributed by atoms with Gasteiger partial charge in [-0.3, -0.25) is 4.90 Å². The fraction of sp³-hybridized carbons (Fsp3) is 0.769. The van der Waals surface area contributed by atoms with Crippen LogP contribution in [0.25, 0.3) is 0 Å². The Hall–Kier alpha value is -2.31. The second-order valence-corrected chi connectivity index (χ2v) is 5.09. The largest absolute Gasteiger partial charge is 0.409 e. The molecular formula is C13H29N7O5. The van der Waals surface area contributed by atoms with Crippen LogP contribution in [-0.2, 0) is 9.47 Å². The third kappa shape index (κ3) is 13.8. The van der Waals surface area contributed by atoms with Gasteiger partial charge < -0.3 is 42.3 Å². The summed E-state index contributed by atoms with van der Waals surface area (Å²) in [5, 5.41) is 34.1. The number of nitrogens with two attached hydrogens (primary N) is 3. The van der Waals surface area contributed by atoms with Crippen LogP contribution in [0.2, 0.25) is 0 Å². The second kappa shape index (κ2) is 15.2. The summed E-state index contributed by atoms with van der Waals surface area (Å²) in [5.74, 6) is 0.372. The molecule has 0 spiro atoms. The minimum atomic E-state index is 0.114. The van der Waals surface area contributed by atoms with E-state index in [1.807, 2.05) is 4.90 Å². The zero-order valence-electron chi connectivity index (χ0n) is 14.3. The molecule has 0 aromatic carbocycles. The Labute approximate surface area is 146 Å². The third-order valence-electron chi connectivity index (χ3n) is 3.18. The van der Waals surface area contributed by atoms with Crippen LogP contribution in [-0.4, -0.2) is 84.1 Å². The second-order valence-electron chi connectivity index (χ2n) is 5.09. The lowest BCUT2D eigenvalue weighted by Gasteiger charge is -2.22. The normalized spacial score (nSPS) is 13.6. The summed E-state index contributed by atoms with van der Waals surface area (Å²) < 4.78 is 10.8. The highest BCUT2D eigenvalue weighted by molar-refractivity contribution is 5.80. The summed E-state index contributed by atoms with van der Waals surface area (Å²) in [5.41, 5.74) is 16.2. The highest BCUT2D eigenvalue weighted by atomic mass is 16.5. The number of hydrogen-bond donors (Lipinski definition) is 6. The fourth-order valence-electron chi connectivity index (χ4n) is 1.70. The summed E-state index contributed by atoms with van der Waals surface area (Å²) in [6.45, 7) is 3.37. The molecule has 0 heterocycles. The highest BCUT2D eigenvalue weighted by Crippen LogP contribution is 1.95. The van der Waals surface area contributed by atoms with E-state index in [1.165, 1.54) is 0 Å². The van der Waals surface area contributed by atoms with Gasteiger partial charge in [-0.05, 0) is 0 Å². The molecule has 0 saturated heterocycles. The van der Waals surface area contributed by atoms with Crippen LogP contribution in [0.15, 0.2) is 15.5 Å². The van der Waals surface area contributed by atoms with Crippen LogP contribution < -0.4 is 17.2 Å². The van der Waals surface area contributed by atoms with Crippen molar-refractivity contribution in [2.24, 2.45) is 32.7 Å². The van der Waals surface area contributed by atoms with Crippen LogP contribution in [0.1, 0.15) is 19.3 Å². The number of ether oxygens (including phenoxy) is 2. The molecule has 146 valence electrons. The molecule has 0 aromatic heterocycles. The Morgan fingerprint density at radius 2 is 1.04 bits per heavy atom. The van der Waals surface area contributed by atoms with Crippen LogP contribution in [0.5, 0.6) is 0 Å². The highest BCUT2D eigenvalue weighted by Gasteiger charge is 2.07. The smallest absolute Gasteiger partial charge is 0.141 e.